The molecule has 0 bridgehead atoms. The highest BCUT2D eigenvalue weighted by Crippen LogP contribution is 2.41. The molecule has 1 aromatic heterocycles. The first-order chi connectivity index (χ1) is 26.6. The molecule has 1 heterocycles. The van der Waals surface area contributed by atoms with Crippen molar-refractivity contribution in [3.63, 3.8) is 0 Å². The summed E-state index contributed by atoms with van der Waals surface area (Å²) in [6, 6.07) is 57.6. The molecule has 0 aliphatic heterocycles. The number of benzene rings is 8. The lowest BCUT2D eigenvalue weighted by Gasteiger charge is -2.17. The summed E-state index contributed by atoms with van der Waals surface area (Å²) in [5.41, 5.74) is 9.06. The lowest BCUT2D eigenvalue weighted by molar-refractivity contribution is 1.18. The van der Waals surface area contributed by atoms with E-state index in [0.29, 0.717) is 5.71 Å². The second-order valence-corrected chi connectivity index (χ2v) is 12.9. The molecule has 0 atom stereocenters. The molecular formula is C52H42N2. The molecule has 9 rings (SSSR count). The first kappa shape index (κ1) is 35.4. The average Bonchev–Trinajstić information content (AvgIpc) is 3.58. The molecule has 260 valence electrons. The van der Waals surface area contributed by atoms with Crippen LogP contribution >= 0.6 is 0 Å². The van der Waals surface area contributed by atoms with Gasteiger partial charge in [-0.2, -0.15) is 0 Å². The first-order valence-corrected chi connectivity index (χ1v) is 18.1. The Hall–Kier alpha value is -7.03. The van der Waals surface area contributed by atoms with Gasteiger partial charge in [0.1, 0.15) is 0 Å². The van der Waals surface area contributed by atoms with Crippen LogP contribution in [0.1, 0.15) is 18.1 Å². The highest BCUT2D eigenvalue weighted by Gasteiger charge is 2.19. The largest absolute Gasteiger partial charge is 0.308 e. The van der Waals surface area contributed by atoms with Crippen molar-refractivity contribution in [3.8, 4) is 16.8 Å². The van der Waals surface area contributed by atoms with E-state index in [1.807, 2.05) is 19.1 Å². The average molecular weight is 695 g/mol. The van der Waals surface area contributed by atoms with Crippen LogP contribution in [0.15, 0.2) is 208 Å². The first-order valence-electron chi connectivity index (χ1n) is 18.1. The molecule has 0 fully saturated rings. The summed E-state index contributed by atoms with van der Waals surface area (Å²) in [4.78, 5) is 0. The van der Waals surface area contributed by atoms with E-state index in [1.54, 1.807) is 6.08 Å². The van der Waals surface area contributed by atoms with E-state index in [0.717, 1.165) is 49.4 Å². The Labute approximate surface area is 317 Å². The lowest BCUT2D eigenvalue weighted by Crippen LogP contribution is -2.00. The molecule has 9 aromatic rings. The molecule has 0 amide bonds. The molecule has 8 aromatic carbocycles. The summed E-state index contributed by atoms with van der Waals surface area (Å²) in [7, 11) is 0. The Balaban J connectivity index is 0.000000859. The molecular weight excluding hydrogens is 653 g/mol. The Morgan fingerprint density at radius 2 is 1.02 bits per heavy atom. The van der Waals surface area contributed by atoms with Crippen LogP contribution in [0.25, 0.3) is 76.5 Å². The zero-order valence-electron chi connectivity index (χ0n) is 30.6. The fourth-order valence-corrected chi connectivity index (χ4v) is 7.61. The number of nitrogens with one attached hydrogen (secondary N) is 1. The van der Waals surface area contributed by atoms with Crippen molar-refractivity contribution >= 4 is 65.4 Å². The minimum absolute atomic E-state index is 0.454. The van der Waals surface area contributed by atoms with E-state index in [1.165, 1.54) is 38.2 Å². The van der Waals surface area contributed by atoms with Gasteiger partial charge in [-0.15, -0.1) is 19.7 Å². The van der Waals surface area contributed by atoms with E-state index in [-0.39, 0.29) is 0 Å². The van der Waals surface area contributed by atoms with Crippen LogP contribution in [0.4, 0.5) is 0 Å². The highest BCUT2D eigenvalue weighted by atomic mass is 15.0. The van der Waals surface area contributed by atoms with Gasteiger partial charge in [-0.25, -0.2) is 0 Å². The van der Waals surface area contributed by atoms with Crippen molar-refractivity contribution in [2.75, 3.05) is 0 Å². The maximum atomic E-state index is 9.51. The number of allylic oxidation sites excluding steroid dienone is 4. The van der Waals surface area contributed by atoms with Crippen LogP contribution < -0.4 is 0 Å². The summed E-state index contributed by atoms with van der Waals surface area (Å²) in [6.45, 7) is 15.8. The Morgan fingerprint density at radius 3 is 1.65 bits per heavy atom. The molecule has 2 nitrogen and oxygen atoms in total. The minimum Gasteiger partial charge on any atom is -0.308 e. The van der Waals surface area contributed by atoms with Crippen molar-refractivity contribution in [3.05, 3.63) is 219 Å². The van der Waals surface area contributed by atoms with Crippen LogP contribution in [0, 0.1) is 5.41 Å². The Kier molecular flexibility index (Phi) is 10.3. The predicted octanol–water partition coefficient (Wildman–Crippen LogP) is 14.5. The summed E-state index contributed by atoms with van der Waals surface area (Å²) >= 11 is 0. The van der Waals surface area contributed by atoms with Gasteiger partial charge >= 0.3 is 0 Å². The molecule has 54 heavy (non-hydrogen) atoms. The summed E-state index contributed by atoms with van der Waals surface area (Å²) in [5, 5.41) is 18.7. The molecule has 0 saturated heterocycles. The third kappa shape index (κ3) is 6.25. The van der Waals surface area contributed by atoms with Crippen LogP contribution in [0.3, 0.4) is 0 Å². The fraction of sp³-hybridized carbons (Fsp3) is 0.0192. The number of aromatic nitrogens is 1. The van der Waals surface area contributed by atoms with Crippen molar-refractivity contribution in [1.82, 2.24) is 4.57 Å². The number of fused-ring (bicyclic) bond motifs is 7. The third-order valence-corrected chi connectivity index (χ3v) is 9.75. The van der Waals surface area contributed by atoms with E-state index >= 15 is 0 Å². The highest BCUT2D eigenvalue weighted by molar-refractivity contribution is 6.28. The maximum Gasteiger partial charge on any atom is 0.0624 e. The van der Waals surface area contributed by atoms with Gasteiger partial charge in [0.25, 0.3) is 0 Å². The smallest absolute Gasteiger partial charge is 0.0624 e. The summed E-state index contributed by atoms with van der Waals surface area (Å²) < 4.78 is 2.38. The summed E-state index contributed by atoms with van der Waals surface area (Å²) in [6.07, 6.45) is 5.68. The number of hydrogen-bond acceptors (Lipinski definition) is 1. The molecule has 0 aliphatic rings. The number of hydrogen-bond donors (Lipinski definition) is 1. The molecule has 0 aliphatic carbocycles. The monoisotopic (exact) mass is 694 g/mol. The van der Waals surface area contributed by atoms with Gasteiger partial charge in [-0.3, -0.25) is 0 Å². The molecule has 0 unspecified atom stereocenters. The van der Waals surface area contributed by atoms with Gasteiger partial charge in [0.15, 0.2) is 0 Å². The van der Waals surface area contributed by atoms with Gasteiger partial charge in [0, 0.05) is 33.0 Å². The summed E-state index contributed by atoms with van der Waals surface area (Å²) in [5.74, 6) is 0. The molecule has 0 saturated carbocycles. The molecule has 0 radical (unpaired) electrons. The zero-order chi connectivity index (χ0) is 37.6. The normalized spacial score (nSPS) is 11.0. The van der Waals surface area contributed by atoms with Gasteiger partial charge in [0.2, 0.25) is 0 Å². The lowest BCUT2D eigenvalue weighted by atomic mass is 9.86. The van der Waals surface area contributed by atoms with Crippen LogP contribution in [-0.4, -0.2) is 10.3 Å². The number of rotatable bonds is 6. The van der Waals surface area contributed by atoms with Gasteiger partial charge in [-0.05, 0) is 68.8 Å². The van der Waals surface area contributed by atoms with E-state index in [9.17, 15) is 5.41 Å². The SMILES string of the molecule is C=C.C=C(/C=C\C(=N)c1c2ccccc2c(-c2ccccc2)c2ccccc12)c1cccc2c3ccc4ccccc4c3n(-c3ccccc3)c12.C=CC. The van der Waals surface area contributed by atoms with Crippen molar-refractivity contribution in [1.29, 1.82) is 5.41 Å². The van der Waals surface area contributed by atoms with Crippen LogP contribution in [0.5, 0.6) is 0 Å². The minimum atomic E-state index is 0.454. The second kappa shape index (κ2) is 15.7. The van der Waals surface area contributed by atoms with Crippen LogP contribution in [-0.2, 0) is 0 Å². The van der Waals surface area contributed by atoms with Gasteiger partial charge in [-0.1, -0.05) is 170 Å². The standard InChI is InChI=1S/C47H32N2.C3H6.C2H4/c1-31(27-30-43(48)45-39-23-12-10-21-37(39)44(33-16-4-2-5-17-33)38-22-11-13-24-40(38)45)35-25-14-26-41-42-29-28-32-15-8-9-20-36(32)47(42)49(46(35)41)34-18-6-3-7-19-34;1-3-2;1-2/h2-30,48H,1H2;3H,1H2,2H3;1-2H2/b30-27-,48-43?;;. The quantitative estimate of drug-likeness (QED) is 0.0777. The zero-order valence-corrected chi connectivity index (χ0v) is 30.6. The molecule has 1 N–H and O–H groups in total. The van der Waals surface area contributed by atoms with Crippen molar-refractivity contribution in [2.24, 2.45) is 0 Å². The number of nitrogens with zero attached hydrogens (tertiary/aromatic N) is 1. The van der Waals surface area contributed by atoms with E-state index in [4.69, 9.17) is 0 Å². The van der Waals surface area contributed by atoms with Gasteiger partial charge < -0.3 is 9.98 Å². The van der Waals surface area contributed by atoms with Crippen LogP contribution in [0.2, 0.25) is 0 Å². The van der Waals surface area contributed by atoms with E-state index < -0.39 is 0 Å². The van der Waals surface area contributed by atoms with Crippen molar-refractivity contribution < 1.29 is 0 Å². The molecule has 0 spiro atoms. The van der Waals surface area contributed by atoms with E-state index in [2.05, 4.69) is 195 Å². The fourth-order valence-electron chi connectivity index (χ4n) is 7.61. The van der Waals surface area contributed by atoms with Crippen molar-refractivity contribution in [2.45, 2.75) is 6.92 Å². The Morgan fingerprint density at radius 1 is 0.519 bits per heavy atom. The number of para-hydroxylation sites is 2. The second-order valence-electron chi connectivity index (χ2n) is 12.9. The maximum absolute atomic E-state index is 9.51. The van der Waals surface area contributed by atoms with Gasteiger partial charge in [0.05, 0.1) is 16.7 Å². The third-order valence-electron chi connectivity index (χ3n) is 9.75. The topological polar surface area (TPSA) is 28.8 Å². The Bertz CT molecular complexity index is 2800. The predicted molar refractivity (Wildman–Crippen MR) is 237 cm³/mol. The molecule has 2 heteroatoms.